The van der Waals surface area contributed by atoms with Crippen LogP contribution in [-0.2, 0) is 19.2 Å². The number of aliphatic hydroxyl groups is 3. The fourth-order valence-corrected chi connectivity index (χ4v) is 8.61. The molecule has 176 valence electrons. The second-order valence-electron chi connectivity index (χ2n) is 10.1. The molecule has 0 aromatic heterocycles. The molecule has 4 N–H and O–H groups in total. The number of aldehydes is 1. The Morgan fingerprint density at radius 2 is 1.94 bits per heavy atom. The summed E-state index contributed by atoms with van der Waals surface area (Å²) in [6.07, 6.45) is 2.05. The monoisotopic (exact) mass is 466 g/mol. The number of fused-ring (bicyclic) bond motifs is 5. The predicted molar refractivity (Wildman–Crippen MR) is 115 cm³/mol. The van der Waals surface area contributed by atoms with Gasteiger partial charge in [0.25, 0.3) is 0 Å². The fourth-order valence-electron chi connectivity index (χ4n) is 7.57. The molecule has 0 heterocycles. The number of aliphatic hydroxyl groups excluding tert-OH is 2. The van der Waals surface area contributed by atoms with Gasteiger partial charge in [-0.25, -0.2) is 0 Å². The molecule has 0 unspecified atom stereocenters. The minimum Gasteiger partial charge on any atom is -0.481 e. The largest absolute Gasteiger partial charge is 0.481 e. The number of ketones is 2. The molecule has 0 amide bonds. The van der Waals surface area contributed by atoms with Gasteiger partial charge in [-0.2, -0.15) is 0 Å². The minimum atomic E-state index is -1.98. The standard InChI is InChI=1S/C23H30O8S/c1-21-6-5-15(26)20(32-10-18(29)30)14(21)3-2-12-13-4-7-23(31,17(28)9-24)22(13,11-25)8-16(27)19(12)21/h11-13,16,19,24,27,31H,2-10H2,1H3,(H,29,30)/t12-,13-,16-,19+,21-,22+,23-/m0/s1. The highest BCUT2D eigenvalue weighted by Gasteiger charge is 2.70. The maximum atomic E-state index is 12.6. The number of rotatable bonds is 6. The molecule has 0 aromatic carbocycles. The van der Waals surface area contributed by atoms with Crippen molar-refractivity contribution in [2.75, 3.05) is 12.4 Å². The number of allylic oxidation sites excluding steroid dienone is 1. The van der Waals surface area contributed by atoms with E-state index in [1.54, 1.807) is 0 Å². The van der Waals surface area contributed by atoms with Crippen LogP contribution < -0.4 is 0 Å². The SMILES string of the molecule is C[C@]12CCC(=O)C(SCC(=O)O)=C1CC[C@@H]1[C@@H]2[C@@H](O)C[C@@]2(C=O)[C@H]1CC[C@]2(O)C(=O)CO. The normalized spacial score (nSPS) is 43.3. The summed E-state index contributed by atoms with van der Waals surface area (Å²) >= 11 is 1.05. The highest BCUT2D eigenvalue weighted by Crippen LogP contribution is 2.67. The van der Waals surface area contributed by atoms with Crippen molar-refractivity contribution < 1.29 is 39.6 Å². The number of Topliss-reactive ketones (excluding diaryl/α,β-unsaturated/α-hetero) is 2. The zero-order chi connectivity index (χ0) is 23.5. The Morgan fingerprint density at radius 1 is 1.22 bits per heavy atom. The smallest absolute Gasteiger partial charge is 0.313 e. The molecule has 32 heavy (non-hydrogen) atoms. The third-order valence-electron chi connectivity index (χ3n) is 8.90. The van der Waals surface area contributed by atoms with E-state index in [0.29, 0.717) is 36.9 Å². The first-order valence-electron chi connectivity index (χ1n) is 11.2. The maximum Gasteiger partial charge on any atom is 0.313 e. The summed E-state index contributed by atoms with van der Waals surface area (Å²) in [6.45, 7) is 1.16. The summed E-state index contributed by atoms with van der Waals surface area (Å²) in [5.74, 6) is -2.73. The lowest BCUT2D eigenvalue weighted by Crippen LogP contribution is -2.64. The molecule has 0 bridgehead atoms. The van der Waals surface area contributed by atoms with Crippen molar-refractivity contribution in [2.24, 2.45) is 28.6 Å². The topological polar surface area (TPSA) is 149 Å². The Hall–Kier alpha value is -1.55. The Labute approximate surface area is 190 Å². The van der Waals surface area contributed by atoms with Gasteiger partial charge >= 0.3 is 5.97 Å². The number of hydrogen-bond acceptors (Lipinski definition) is 8. The van der Waals surface area contributed by atoms with Crippen LogP contribution in [0.5, 0.6) is 0 Å². The number of carbonyl (C=O) groups is 4. The molecule has 0 saturated heterocycles. The zero-order valence-corrected chi connectivity index (χ0v) is 18.9. The number of carboxylic acid groups (broad SMARTS) is 1. The molecular weight excluding hydrogens is 436 g/mol. The number of hydrogen-bond donors (Lipinski definition) is 4. The van der Waals surface area contributed by atoms with Crippen molar-refractivity contribution in [1.82, 2.24) is 0 Å². The van der Waals surface area contributed by atoms with Gasteiger partial charge in [0.05, 0.1) is 22.2 Å². The van der Waals surface area contributed by atoms with Gasteiger partial charge in [-0.1, -0.05) is 6.92 Å². The first-order chi connectivity index (χ1) is 15.1. The van der Waals surface area contributed by atoms with Crippen LogP contribution in [0.3, 0.4) is 0 Å². The van der Waals surface area contributed by atoms with E-state index in [4.69, 9.17) is 5.11 Å². The summed E-state index contributed by atoms with van der Waals surface area (Å²) in [4.78, 5) is 49.1. The Balaban J connectivity index is 1.75. The summed E-state index contributed by atoms with van der Waals surface area (Å²) in [5.41, 5.74) is -3.04. The highest BCUT2D eigenvalue weighted by molar-refractivity contribution is 8.04. The lowest BCUT2D eigenvalue weighted by Gasteiger charge is -2.60. The molecule has 0 aromatic rings. The van der Waals surface area contributed by atoms with E-state index in [-0.39, 0.29) is 48.6 Å². The van der Waals surface area contributed by atoms with Crippen LogP contribution >= 0.6 is 11.8 Å². The maximum absolute atomic E-state index is 12.6. The molecule has 3 fully saturated rings. The van der Waals surface area contributed by atoms with Gasteiger partial charge in [0.2, 0.25) is 0 Å². The molecule has 9 heteroatoms. The average Bonchev–Trinajstić information content (AvgIpc) is 3.06. The van der Waals surface area contributed by atoms with E-state index in [9.17, 15) is 34.5 Å². The van der Waals surface area contributed by atoms with Crippen LogP contribution in [0.4, 0.5) is 0 Å². The average molecular weight is 467 g/mol. The van der Waals surface area contributed by atoms with Gasteiger partial charge in [0.15, 0.2) is 11.6 Å². The van der Waals surface area contributed by atoms with E-state index in [2.05, 4.69) is 0 Å². The quantitative estimate of drug-likeness (QED) is 0.422. The number of aliphatic carboxylic acids is 1. The van der Waals surface area contributed by atoms with Crippen molar-refractivity contribution in [1.29, 1.82) is 0 Å². The third kappa shape index (κ3) is 3.08. The zero-order valence-electron chi connectivity index (χ0n) is 18.1. The van der Waals surface area contributed by atoms with Gasteiger partial charge in [-0.3, -0.25) is 14.4 Å². The highest BCUT2D eigenvalue weighted by atomic mass is 32.2. The number of thioether (sulfide) groups is 1. The molecule has 0 spiro atoms. The minimum absolute atomic E-state index is 0.0569. The predicted octanol–water partition coefficient (Wildman–Crippen LogP) is 1.11. The van der Waals surface area contributed by atoms with E-state index in [0.717, 1.165) is 17.3 Å². The van der Waals surface area contributed by atoms with Gasteiger partial charge in [-0.15, -0.1) is 11.8 Å². The molecule has 8 nitrogen and oxygen atoms in total. The fraction of sp³-hybridized carbons (Fsp3) is 0.739. The Bertz CT molecular complexity index is 898. The van der Waals surface area contributed by atoms with Crippen molar-refractivity contribution in [3.8, 4) is 0 Å². The van der Waals surface area contributed by atoms with Crippen LogP contribution in [-0.4, -0.2) is 68.3 Å². The number of carbonyl (C=O) groups excluding carboxylic acids is 3. The molecule has 7 atom stereocenters. The van der Waals surface area contributed by atoms with Crippen molar-refractivity contribution in [3.63, 3.8) is 0 Å². The van der Waals surface area contributed by atoms with Crippen molar-refractivity contribution in [2.45, 2.75) is 63.6 Å². The van der Waals surface area contributed by atoms with Crippen LogP contribution in [0.15, 0.2) is 10.5 Å². The van der Waals surface area contributed by atoms with Gasteiger partial charge in [0, 0.05) is 6.42 Å². The summed E-state index contributed by atoms with van der Waals surface area (Å²) < 4.78 is 0. The van der Waals surface area contributed by atoms with Crippen molar-refractivity contribution in [3.05, 3.63) is 10.5 Å². The molecular formula is C23H30O8S. The molecule has 4 aliphatic rings. The van der Waals surface area contributed by atoms with E-state index < -0.39 is 40.9 Å². The van der Waals surface area contributed by atoms with Crippen LogP contribution in [0, 0.1) is 28.6 Å². The van der Waals surface area contributed by atoms with Gasteiger partial charge in [-0.05, 0) is 67.3 Å². The Morgan fingerprint density at radius 3 is 2.56 bits per heavy atom. The van der Waals surface area contributed by atoms with Crippen molar-refractivity contribution >= 4 is 35.6 Å². The van der Waals surface area contributed by atoms with E-state index >= 15 is 0 Å². The lowest BCUT2D eigenvalue weighted by molar-refractivity contribution is -0.185. The van der Waals surface area contributed by atoms with E-state index in [1.165, 1.54) is 0 Å². The van der Waals surface area contributed by atoms with Gasteiger partial charge < -0.3 is 25.2 Å². The molecule has 4 aliphatic carbocycles. The first kappa shape index (κ1) is 23.6. The van der Waals surface area contributed by atoms with Crippen LogP contribution in [0.25, 0.3) is 0 Å². The summed E-state index contributed by atoms with van der Waals surface area (Å²) in [7, 11) is 0. The summed E-state index contributed by atoms with van der Waals surface area (Å²) in [6, 6.07) is 0. The second-order valence-corrected chi connectivity index (χ2v) is 11.1. The van der Waals surface area contributed by atoms with Gasteiger partial charge in [0.1, 0.15) is 18.5 Å². The second kappa shape index (κ2) is 8.04. The first-order valence-corrected chi connectivity index (χ1v) is 12.2. The molecule has 0 aliphatic heterocycles. The molecule has 4 rings (SSSR count). The lowest BCUT2D eigenvalue weighted by atomic mass is 9.45. The van der Waals surface area contributed by atoms with E-state index in [1.807, 2.05) is 6.92 Å². The number of carboxylic acids is 1. The third-order valence-corrected chi connectivity index (χ3v) is 10.0. The molecule has 3 saturated carbocycles. The van der Waals surface area contributed by atoms with Crippen LogP contribution in [0.1, 0.15) is 51.9 Å². The Kier molecular flexibility index (Phi) is 5.93. The van der Waals surface area contributed by atoms with Crippen LogP contribution in [0.2, 0.25) is 0 Å². The molecule has 0 radical (unpaired) electrons. The summed E-state index contributed by atoms with van der Waals surface area (Å²) in [5, 5.41) is 41.1.